The van der Waals surface area contributed by atoms with E-state index in [4.69, 9.17) is 29.9 Å². The van der Waals surface area contributed by atoms with Gasteiger partial charge in [0.15, 0.2) is 0 Å². The fraction of sp³-hybridized carbons (Fsp3) is 0.548. The zero-order valence-corrected chi connectivity index (χ0v) is 27.4. The van der Waals surface area contributed by atoms with Gasteiger partial charge in [-0.1, -0.05) is 5.16 Å². The van der Waals surface area contributed by atoms with Crippen LogP contribution in [0.2, 0.25) is 0 Å². The van der Waals surface area contributed by atoms with E-state index in [1.807, 2.05) is 17.9 Å². The molecule has 4 aromatic rings. The maximum Gasteiger partial charge on any atom is 0.346 e. The highest BCUT2D eigenvalue weighted by molar-refractivity contribution is 7.16. The molecule has 3 unspecified atom stereocenters. The van der Waals surface area contributed by atoms with E-state index in [2.05, 4.69) is 45.1 Å². The molecule has 7 heterocycles. The van der Waals surface area contributed by atoms with Gasteiger partial charge < -0.3 is 24.8 Å². The Morgan fingerprint density at radius 2 is 2.11 bits per heavy atom. The quantitative estimate of drug-likeness (QED) is 0.320. The minimum Gasteiger partial charge on any atom is -0.459 e. The van der Waals surface area contributed by atoms with E-state index in [1.54, 1.807) is 0 Å². The number of carbonyl (C=O) groups is 1. The van der Waals surface area contributed by atoms with Gasteiger partial charge in [-0.2, -0.15) is 30.0 Å². The molecule has 0 saturated carbocycles. The monoisotopic (exact) mass is 656 g/mol. The molecule has 3 aliphatic heterocycles. The third-order valence-electron chi connectivity index (χ3n) is 10.4. The van der Waals surface area contributed by atoms with E-state index in [1.165, 1.54) is 28.7 Å². The molecule has 244 valence electrons. The van der Waals surface area contributed by atoms with E-state index < -0.39 is 5.41 Å². The standard InChI is InChI=1S/C31H36N12O3S/c1-17(20-6-5-10-40(20)3)45-29-36-19(12-24(37-29)41-11-8-21-22(41)14-42(21)30(44)43-16-34-15-35-43)27-38-28(46-39-27)31(2)9-4-7-23-25(31)18(13-32)26(33)47-23/h12,15-17,20-22H,4-11,14,33H2,1-3H3/t17-,20-,21?,22?,31?/m0/s1. The highest BCUT2D eigenvalue weighted by Crippen LogP contribution is 2.48. The van der Waals surface area contributed by atoms with Crippen molar-refractivity contribution in [3.8, 4) is 23.6 Å². The summed E-state index contributed by atoms with van der Waals surface area (Å²) in [5, 5.41) is 18.9. The maximum absolute atomic E-state index is 13.0. The average Bonchev–Trinajstić information content (AvgIpc) is 3.88. The number of carbonyl (C=O) groups excluding carboxylic acids is 1. The van der Waals surface area contributed by atoms with Crippen molar-refractivity contribution in [2.75, 3.05) is 37.3 Å². The molecule has 8 rings (SSSR count). The Balaban J connectivity index is 1.12. The van der Waals surface area contributed by atoms with Gasteiger partial charge in [-0.15, -0.1) is 11.3 Å². The normalized spacial score (nSPS) is 26.0. The summed E-state index contributed by atoms with van der Waals surface area (Å²) < 4.78 is 13.6. The van der Waals surface area contributed by atoms with Crippen LogP contribution in [0.3, 0.4) is 0 Å². The Labute approximate surface area is 275 Å². The molecular formula is C31H36N12O3S. The van der Waals surface area contributed by atoms with Crippen LogP contribution >= 0.6 is 11.3 Å². The summed E-state index contributed by atoms with van der Waals surface area (Å²) >= 11 is 1.47. The summed E-state index contributed by atoms with van der Waals surface area (Å²) in [4.78, 5) is 38.9. The van der Waals surface area contributed by atoms with Crippen LogP contribution in [0.5, 0.6) is 6.01 Å². The lowest BCUT2D eigenvalue weighted by atomic mass is 9.72. The highest BCUT2D eigenvalue weighted by Gasteiger charge is 2.50. The molecule has 4 aliphatic rings. The predicted molar refractivity (Wildman–Crippen MR) is 171 cm³/mol. The molecule has 5 atom stereocenters. The number of hydrogen-bond donors (Lipinski definition) is 1. The molecule has 3 saturated heterocycles. The molecule has 2 N–H and O–H groups in total. The number of likely N-dealkylation sites (tertiary alicyclic amines) is 2. The number of amides is 1. The van der Waals surface area contributed by atoms with Gasteiger partial charge in [0.1, 0.15) is 41.3 Å². The summed E-state index contributed by atoms with van der Waals surface area (Å²) in [6, 6.07) is 4.62. The summed E-state index contributed by atoms with van der Waals surface area (Å²) in [6.07, 6.45) is 8.15. The van der Waals surface area contributed by atoms with Crippen molar-refractivity contribution in [3.05, 3.63) is 40.6 Å². The number of ether oxygens (including phenoxy) is 1. The lowest BCUT2D eigenvalue weighted by Gasteiger charge is -2.46. The molecule has 16 heteroatoms. The molecule has 0 bridgehead atoms. The zero-order chi connectivity index (χ0) is 32.4. The second-order valence-electron chi connectivity index (χ2n) is 13.2. The number of nitrogens with zero attached hydrogens (tertiary/aromatic N) is 11. The largest absolute Gasteiger partial charge is 0.459 e. The first-order valence-electron chi connectivity index (χ1n) is 16.1. The van der Waals surface area contributed by atoms with Gasteiger partial charge in [0.2, 0.25) is 11.7 Å². The molecular weight excluding hydrogens is 620 g/mol. The third kappa shape index (κ3) is 4.82. The Morgan fingerprint density at radius 3 is 2.87 bits per heavy atom. The Hall–Kier alpha value is -4.62. The van der Waals surface area contributed by atoms with Gasteiger partial charge in [-0.3, -0.25) is 4.90 Å². The van der Waals surface area contributed by atoms with Crippen LogP contribution in [-0.2, 0) is 11.8 Å². The van der Waals surface area contributed by atoms with Crippen LogP contribution in [0.15, 0.2) is 23.2 Å². The SMILES string of the molecule is C[C@H](Oc1nc(-c2noc(C3(C)CCCc4sc(N)c(C#N)c43)n2)cc(N2CCC3C2CN3C(=O)n2cncn2)n1)[C@@H]1CCCN1C. The van der Waals surface area contributed by atoms with Crippen LogP contribution < -0.4 is 15.4 Å². The smallest absolute Gasteiger partial charge is 0.346 e. The number of thiophene rings is 1. The molecule has 0 spiro atoms. The Kier molecular flexibility index (Phi) is 7.14. The maximum atomic E-state index is 13.0. The molecule has 1 amide bonds. The second-order valence-corrected chi connectivity index (χ2v) is 14.3. The number of fused-ring (bicyclic) bond motifs is 2. The Bertz CT molecular complexity index is 1870. The molecule has 1 aliphatic carbocycles. The number of hydrogen-bond acceptors (Lipinski definition) is 14. The van der Waals surface area contributed by atoms with E-state index in [-0.39, 0.29) is 36.3 Å². The summed E-state index contributed by atoms with van der Waals surface area (Å²) in [5.74, 6) is 1.43. The second kappa shape index (κ2) is 11.3. The molecule has 0 radical (unpaired) electrons. The number of aromatic nitrogens is 7. The fourth-order valence-corrected chi connectivity index (χ4v) is 9.12. The van der Waals surface area contributed by atoms with Crippen molar-refractivity contribution < 1.29 is 14.1 Å². The van der Waals surface area contributed by atoms with Gasteiger partial charge in [0.05, 0.1) is 23.1 Å². The van der Waals surface area contributed by atoms with Crippen molar-refractivity contribution in [1.82, 2.24) is 44.7 Å². The number of nitrogen functional groups attached to an aromatic ring is 1. The molecule has 0 aromatic carbocycles. The van der Waals surface area contributed by atoms with Crippen LogP contribution in [0.25, 0.3) is 11.5 Å². The van der Waals surface area contributed by atoms with Crippen LogP contribution in [0, 0.1) is 11.3 Å². The van der Waals surface area contributed by atoms with Crippen molar-refractivity contribution in [3.63, 3.8) is 0 Å². The summed E-state index contributed by atoms with van der Waals surface area (Å²) in [5.41, 5.74) is 7.47. The number of anilines is 2. The third-order valence-corrected chi connectivity index (χ3v) is 11.5. The van der Waals surface area contributed by atoms with Crippen molar-refractivity contribution in [1.29, 1.82) is 5.26 Å². The zero-order valence-electron chi connectivity index (χ0n) is 26.5. The lowest BCUT2D eigenvalue weighted by Crippen LogP contribution is -2.64. The topological polar surface area (TPSA) is 181 Å². The number of rotatable bonds is 6. The van der Waals surface area contributed by atoms with Gasteiger partial charge in [0.25, 0.3) is 0 Å². The first-order chi connectivity index (χ1) is 22.7. The van der Waals surface area contributed by atoms with Crippen molar-refractivity contribution >= 4 is 28.2 Å². The molecule has 3 fully saturated rings. The molecule has 4 aromatic heterocycles. The minimum atomic E-state index is -0.650. The fourth-order valence-electron chi connectivity index (χ4n) is 7.93. The van der Waals surface area contributed by atoms with Crippen molar-refractivity contribution in [2.45, 2.75) is 82.0 Å². The first kappa shape index (κ1) is 29.8. The highest BCUT2D eigenvalue weighted by atomic mass is 32.1. The van der Waals surface area contributed by atoms with Crippen LogP contribution in [0.1, 0.15) is 67.8 Å². The van der Waals surface area contributed by atoms with E-state index in [0.29, 0.717) is 46.9 Å². The molecule has 47 heavy (non-hydrogen) atoms. The predicted octanol–water partition coefficient (Wildman–Crippen LogP) is 3.07. The summed E-state index contributed by atoms with van der Waals surface area (Å²) in [7, 11) is 2.12. The van der Waals surface area contributed by atoms with Gasteiger partial charge in [-0.05, 0) is 66.0 Å². The van der Waals surface area contributed by atoms with Gasteiger partial charge >= 0.3 is 12.0 Å². The lowest BCUT2D eigenvalue weighted by molar-refractivity contribution is 0.105. The van der Waals surface area contributed by atoms with E-state index in [9.17, 15) is 10.1 Å². The Morgan fingerprint density at radius 1 is 1.23 bits per heavy atom. The number of aryl methyl sites for hydroxylation is 1. The van der Waals surface area contributed by atoms with Gasteiger partial charge in [-0.25, -0.2) is 9.78 Å². The van der Waals surface area contributed by atoms with E-state index in [0.717, 1.165) is 55.5 Å². The number of likely N-dealkylation sites (N-methyl/N-ethyl adjacent to an activating group) is 1. The van der Waals surface area contributed by atoms with E-state index >= 15 is 0 Å². The van der Waals surface area contributed by atoms with Gasteiger partial charge in [0, 0.05) is 35.6 Å². The number of nitrogens with two attached hydrogens (primary N) is 1. The summed E-state index contributed by atoms with van der Waals surface area (Å²) in [6.45, 7) is 6.38. The minimum absolute atomic E-state index is 0.0325. The van der Waals surface area contributed by atoms with Crippen molar-refractivity contribution in [2.24, 2.45) is 0 Å². The molecule has 15 nitrogen and oxygen atoms in total. The van der Waals surface area contributed by atoms with Crippen LogP contribution in [0.4, 0.5) is 15.6 Å². The average molecular weight is 657 g/mol. The first-order valence-corrected chi connectivity index (χ1v) is 16.9. The number of nitriles is 1. The van der Waals surface area contributed by atoms with Crippen LogP contribution in [-0.4, -0.2) is 102 Å².